The SMILES string of the molecule is CCN(CC)c1ccc(/C=N\NC(=O)Cn2c(-c3ccccn3)nc3ccccc32)cc1. The molecular weight excluding hydrogens is 400 g/mol. The number of aromatic nitrogens is 3. The van der Waals surface area contributed by atoms with Crippen LogP contribution in [0, 0.1) is 0 Å². The number of rotatable bonds is 8. The van der Waals surface area contributed by atoms with Gasteiger partial charge >= 0.3 is 0 Å². The zero-order valence-electron chi connectivity index (χ0n) is 18.3. The van der Waals surface area contributed by atoms with Gasteiger partial charge in [-0.1, -0.05) is 30.3 Å². The topological polar surface area (TPSA) is 75.4 Å². The second-order valence-electron chi connectivity index (χ2n) is 7.28. The molecule has 0 fully saturated rings. The molecule has 2 aromatic heterocycles. The Morgan fingerprint density at radius 3 is 2.50 bits per heavy atom. The summed E-state index contributed by atoms with van der Waals surface area (Å²) in [5.41, 5.74) is 7.12. The van der Waals surface area contributed by atoms with E-state index in [1.165, 1.54) is 5.69 Å². The molecule has 2 heterocycles. The van der Waals surface area contributed by atoms with Gasteiger partial charge in [-0.25, -0.2) is 10.4 Å². The van der Waals surface area contributed by atoms with E-state index in [1.54, 1.807) is 12.4 Å². The molecule has 0 atom stereocenters. The van der Waals surface area contributed by atoms with Crippen molar-refractivity contribution in [2.24, 2.45) is 5.10 Å². The first kappa shape index (κ1) is 21.2. The van der Waals surface area contributed by atoms with Crippen molar-refractivity contribution < 1.29 is 4.79 Å². The number of hydrogen-bond acceptors (Lipinski definition) is 5. The molecule has 0 bridgehead atoms. The second kappa shape index (κ2) is 9.87. The number of para-hydroxylation sites is 2. The lowest BCUT2D eigenvalue weighted by molar-refractivity contribution is -0.121. The predicted octanol–water partition coefficient (Wildman–Crippen LogP) is 4.09. The molecule has 1 N–H and O–H groups in total. The number of benzene rings is 2. The van der Waals surface area contributed by atoms with Gasteiger partial charge in [-0.15, -0.1) is 0 Å². The van der Waals surface area contributed by atoms with Crippen LogP contribution in [-0.2, 0) is 11.3 Å². The fraction of sp³-hybridized carbons (Fsp3) is 0.200. The first-order chi connectivity index (χ1) is 15.7. The number of hydrazone groups is 1. The van der Waals surface area contributed by atoms with Crippen LogP contribution in [0.15, 0.2) is 78.0 Å². The number of nitrogens with one attached hydrogen (secondary N) is 1. The molecule has 2 aromatic carbocycles. The van der Waals surface area contributed by atoms with Gasteiger partial charge in [-0.2, -0.15) is 5.10 Å². The number of imidazole rings is 1. The normalized spacial score (nSPS) is 11.2. The van der Waals surface area contributed by atoms with Gasteiger partial charge in [0.25, 0.3) is 5.91 Å². The highest BCUT2D eigenvalue weighted by molar-refractivity contribution is 5.85. The van der Waals surface area contributed by atoms with Gasteiger partial charge in [0.1, 0.15) is 12.2 Å². The highest BCUT2D eigenvalue weighted by Gasteiger charge is 2.15. The van der Waals surface area contributed by atoms with Gasteiger partial charge in [0.15, 0.2) is 5.82 Å². The number of hydrogen-bond donors (Lipinski definition) is 1. The maximum Gasteiger partial charge on any atom is 0.260 e. The van der Waals surface area contributed by atoms with Crippen LogP contribution in [-0.4, -0.2) is 39.7 Å². The van der Waals surface area contributed by atoms with Crippen molar-refractivity contribution in [1.29, 1.82) is 0 Å². The van der Waals surface area contributed by atoms with Crippen LogP contribution in [0.5, 0.6) is 0 Å². The van der Waals surface area contributed by atoms with Crippen molar-refractivity contribution in [2.75, 3.05) is 18.0 Å². The lowest BCUT2D eigenvalue weighted by Crippen LogP contribution is -2.23. The third-order valence-corrected chi connectivity index (χ3v) is 5.27. The first-order valence-corrected chi connectivity index (χ1v) is 10.7. The molecule has 0 aliphatic carbocycles. The molecule has 0 radical (unpaired) electrons. The van der Waals surface area contributed by atoms with Crippen molar-refractivity contribution >= 4 is 28.8 Å². The van der Waals surface area contributed by atoms with E-state index < -0.39 is 0 Å². The highest BCUT2D eigenvalue weighted by Crippen LogP contribution is 2.23. The summed E-state index contributed by atoms with van der Waals surface area (Å²) in [6, 6.07) is 21.5. The Morgan fingerprint density at radius 2 is 1.78 bits per heavy atom. The summed E-state index contributed by atoms with van der Waals surface area (Å²) < 4.78 is 1.86. The largest absolute Gasteiger partial charge is 0.372 e. The first-order valence-electron chi connectivity index (χ1n) is 10.7. The van der Waals surface area contributed by atoms with Crippen molar-refractivity contribution in [2.45, 2.75) is 20.4 Å². The molecule has 1 amide bonds. The number of pyridine rings is 1. The van der Waals surface area contributed by atoms with Crippen LogP contribution in [0.2, 0.25) is 0 Å². The fourth-order valence-electron chi connectivity index (χ4n) is 3.64. The van der Waals surface area contributed by atoms with Crippen LogP contribution in [0.1, 0.15) is 19.4 Å². The van der Waals surface area contributed by atoms with Gasteiger partial charge < -0.3 is 9.47 Å². The van der Waals surface area contributed by atoms with Crippen molar-refractivity contribution in [1.82, 2.24) is 20.0 Å². The minimum atomic E-state index is -0.235. The molecule has 0 saturated carbocycles. The van der Waals surface area contributed by atoms with Crippen LogP contribution in [0.25, 0.3) is 22.6 Å². The van der Waals surface area contributed by atoms with E-state index in [0.29, 0.717) is 11.5 Å². The van der Waals surface area contributed by atoms with Crippen LogP contribution < -0.4 is 10.3 Å². The third-order valence-electron chi connectivity index (χ3n) is 5.27. The van der Waals surface area contributed by atoms with Gasteiger partial charge in [0.05, 0.1) is 17.2 Å². The lowest BCUT2D eigenvalue weighted by Gasteiger charge is -2.20. The van der Waals surface area contributed by atoms with E-state index >= 15 is 0 Å². The molecule has 162 valence electrons. The number of amides is 1. The summed E-state index contributed by atoms with van der Waals surface area (Å²) in [4.78, 5) is 24.0. The number of carbonyl (C=O) groups is 1. The Morgan fingerprint density at radius 1 is 1.03 bits per heavy atom. The highest BCUT2D eigenvalue weighted by atomic mass is 16.2. The average Bonchev–Trinajstić information content (AvgIpc) is 3.20. The van der Waals surface area contributed by atoms with E-state index in [4.69, 9.17) is 0 Å². The second-order valence-corrected chi connectivity index (χ2v) is 7.28. The summed E-state index contributed by atoms with van der Waals surface area (Å²) in [6.45, 7) is 6.28. The third kappa shape index (κ3) is 4.67. The van der Waals surface area contributed by atoms with Crippen molar-refractivity contribution in [3.05, 3.63) is 78.5 Å². The molecule has 7 nitrogen and oxygen atoms in total. The Bertz CT molecular complexity index is 1210. The number of nitrogens with zero attached hydrogens (tertiary/aromatic N) is 5. The van der Waals surface area contributed by atoms with E-state index in [2.05, 4.69) is 51.4 Å². The zero-order valence-corrected chi connectivity index (χ0v) is 18.3. The van der Waals surface area contributed by atoms with E-state index in [0.717, 1.165) is 29.7 Å². The predicted molar refractivity (Wildman–Crippen MR) is 129 cm³/mol. The fourth-order valence-corrected chi connectivity index (χ4v) is 3.64. The van der Waals surface area contributed by atoms with Crippen molar-refractivity contribution in [3.63, 3.8) is 0 Å². The summed E-state index contributed by atoms with van der Waals surface area (Å²) in [6.07, 6.45) is 3.37. The summed E-state index contributed by atoms with van der Waals surface area (Å²) in [7, 11) is 0. The van der Waals surface area contributed by atoms with E-state index in [-0.39, 0.29) is 12.5 Å². The number of fused-ring (bicyclic) bond motifs is 1. The van der Waals surface area contributed by atoms with Gasteiger partial charge in [0.2, 0.25) is 0 Å². The summed E-state index contributed by atoms with van der Waals surface area (Å²) >= 11 is 0. The van der Waals surface area contributed by atoms with E-state index in [9.17, 15) is 4.79 Å². The number of carbonyl (C=O) groups excluding carboxylic acids is 1. The maximum atomic E-state index is 12.6. The zero-order chi connectivity index (χ0) is 22.3. The molecule has 7 heteroatoms. The molecule has 0 unspecified atom stereocenters. The average molecular weight is 427 g/mol. The standard InChI is InChI=1S/C25H26N6O/c1-3-30(4-2)20-14-12-19(13-15-20)17-27-29-24(32)18-31-23-11-6-5-9-21(23)28-25(31)22-10-7-8-16-26-22/h5-17H,3-4,18H2,1-2H3,(H,29,32)/b27-17-. The molecule has 0 aliphatic heterocycles. The quantitative estimate of drug-likeness (QED) is 0.340. The maximum absolute atomic E-state index is 12.6. The van der Waals surface area contributed by atoms with Gasteiger partial charge in [-0.3, -0.25) is 9.78 Å². The Labute approximate surface area is 187 Å². The van der Waals surface area contributed by atoms with Crippen LogP contribution >= 0.6 is 0 Å². The Balaban J connectivity index is 1.48. The Hall–Kier alpha value is -4.00. The molecule has 4 aromatic rings. The Kier molecular flexibility index (Phi) is 6.55. The molecule has 0 saturated heterocycles. The van der Waals surface area contributed by atoms with Crippen LogP contribution in [0.3, 0.4) is 0 Å². The van der Waals surface area contributed by atoms with Crippen LogP contribution in [0.4, 0.5) is 5.69 Å². The molecule has 4 rings (SSSR count). The summed E-state index contributed by atoms with van der Waals surface area (Å²) in [5, 5.41) is 4.13. The van der Waals surface area contributed by atoms with E-state index in [1.807, 2.05) is 59.2 Å². The van der Waals surface area contributed by atoms with Gasteiger partial charge in [0, 0.05) is 25.0 Å². The monoisotopic (exact) mass is 426 g/mol. The lowest BCUT2D eigenvalue weighted by atomic mass is 10.2. The summed E-state index contributed by atoms with van der Waals surface area (Å²) in [5.74, 6) is 0.416. The molecule has 32 heavy (non-hydrogen) atoms. The minimum absolute atomic E-state index is 0.0880. The molecule has 0 aliphatic rings. The molecular formula is C25H26N6O. The van der Waals surface area contributed by atoms with Gasteiger partial charge in [-0.05, 0) is 55.8 Å². The minimum Gasteiger partial charge on any atom is -0.372 e. The van der Waals surface area contributed by atoms with Crippen molar-refractivity contribution in [3.8, 4) is 11.5 Å². The number of anilines is 1. The smallest absolute Gasteiger partial charge is 0.260 e. The molecule has 0 spiro atoms.